The zero-order valence-electron chi connectivity index (χ0n) is 22.5. The summed E-state index contributed by atoms with van der Waals surface area (Å²) in [6.07, 6.45) is 0. The average Bonchev–Trinajstić information content (AvgIpc) is 3.40. The molecule has 1 heterocycles. The molecular weight excluding hydrogens is 502 g/mol. The lowest BCUT2D eigenvalue weighted by molar-refractivity contribution is -0.142. The van der Waals surface area contributed by atoms with Crippen LogP contribution in [0.2, 0.25) is 0 Å². The Labute approximate surface area is 233 Å². The van der Waals surface area contributed by atoms with Crippen molar-refractivity contribution < 1.29 is 14.3 Å². The number of carbonyl (C=O) groups excluding carboxylic acids is 2. The van der Waals surface area contributed by atoms with Crippen LogP contribution in [0.15, 0.2) is 103 Å². The van der Waals surface area contributed by atoms with Crippen molar-refractivity contribution in [2.75, 3.05) is 7.11 Å². The summed E-state index contributed by atoms with van der Waals surface area (Å²) in [4.78, 5) is 29.8. The number of hydrogen-bond donors (Lipinski definition) is 1. The highest BCUT2D eigenvalue weighted by atomic mass is 16.5. The van der Waals surface area contributed by atoms with Gasteiger partial charge < -0.3 is 15.0 Å². The minimum atomic E-state index is -0.892. The Morgan fingerprint density at radius 1 is 0.900 bits per heavy atom. The maximum Gasteiger partial charge on any atom is 0.247 e. The number of fused-ring (bicyclic) bond motifs is 1. The molecule has 202 valence electrons. The number of carbonyl (C=O) groups is 2. The van der Waals surface area contributed by atoms with Crippen molar-refractivity contribution >= 4 is 22.8 Å². The third-order valence-corrected chi connectivity index (χ3v) is 6.91. The number of ether oxygens (including phenoxy) is 1. The first-order valence-electron chi connectivity index (χ1n) is 13.1. The summed E-state index contributed by atoms with van der Waals surface area (Å²) in [6.45, 7) is 2.37. The summed E-state index contributed by atoms with van der Waals surface area (Å²) >= 11 is 0. The number of nitrogens with zero attached hydrogens (tertiary/aromatic N) is 4. The Morgan fingerprint density at radius 2 is 1.60 bits per heavy atom. The van der Waals surface area contributed by atoms with Gasteiger partial charge in [-0.15, -0.1) is 5.10 Å². The number of aromatic nitrogens is 3. The van der Waals surface area contributed by atoms with Gasteiger partial charge in [-0.2, -0.15) is 0 Å². The zero-order chi connectivity index (χ0) is 27.9. The van der Waals surface area contributed by atoms with Gasteiger partial charge in [0.05, 0.1) is 19.2 Å². The molecule has 8 nitrogen and oxygen atoms in total. The fourth-order valence-corrected chi connectivity index (χ4v) is 4.82. The molecule has 2 amide bonds. The topological polar surface area (TPSA) is 89.3 Å². The van der Waals surface area contributed by atoms with Crippen LogP contribution >= 0.6 is 0 Å². The first kappa shape index (κ1) is 26.6. The summed E-state index contributed by atoms with van der Waals surface area (Å²) in [5.41, 5.74) is 4.86. The van der Waals surface area contributed by atoms with Crippen molar-refractivity contribution in [3.63, 3.8) is 0 Å². The lowest BCUT2D eigenvalue weighted by Crippen LogP contribution is -2.44. The number of amides is 2. The van der Waals surface area contributed by atoms with Gasteiger partial charge in [-0.05, 0) is 41.8 Å². The van der Waals surface area contributed by atoms with Crippen LogP contribution in [0.25, 0.3) is 11.0 Å². The zero-order valence-corrected chi connectivity index (χ0v) is 22.5. The van der Waals surface area contributed by atoms with Crippen molar-refractivity contribution in [1.82, 2.24) is 25.2 Å². The fraction of sp³-hybridized carbons (Fsp3) is 0.188. The molecule has 1 aromatic heterocycles. The fourth-order valence-electron chi connectivity index (χ4n) is 4.82. The quantitative estimate of drug-likeness (QED) is 0.278. The molecule has 0 saturated carbocycles. The number of rotatable bonds is 10. The van der Waals surface area contributed by atoms with Gasteiger partial charge in [-0.3, -0.25) is 9.59 Å². The smallest absolute Gasteiger partial charge is 0.247 e. The number of nitrogens with one attached hydrogen (secondary N) is 1. The maximum atomic E-state index is 14.2. The Bertz CT molecular complexity index is 1620. The molecule has 0 aliphatic carbocycles. The Morgan fingerprint density at radius 3 is 2.40 bits per heavy atom. The molecular formula is C32H31N5O3. The number of hydrogen-bond acceptors (Lipinski definition) is 5. The van der Waals surface area contributed by atoms with Crippen molar-refractivity contribution in [1.29, 1.82) is 0 Å². The number of para-hydroxylation sites is 2. The molecule has 0 spiro atoms. The van der Waals surface area contributed by atoms with E-state index in [1.165, 1.54) is 0 Å². The third-order valence-electron chi connectivity index (χ3n) is 6.91. The molecule has 8 heteroatoms. The molecule has 0 bridgehead atoms. The molecule has 1 atom stereocenters. The predicted octanol–water partition coefficient (Wildman–Crippen LogP) is 4.83. The van der Waals surface area contributed by atoms with Gasteiger partial charge in [-0.25, -0.2) is 4.68 Å². The van der Waals surface area contributed by atoms with Crippen LogP contribution in [0.4, 0.5) is 0 Å². The normalized spacial score (nSPS) is 11.7. The van der Waals surface area contributed by atoms with Crippen LogP contribution < -0.4 is 10.1 Å². The van der Waals surface area contributed by atoms with Crippen molar-refractivity contribution in [2.45, 2.75) is 32.6 Å². The van der Waals surface area contributed by atoms with Crippen molar-refractivity contribution in [3.8, 4) is 5.75 Å². The van der Waals surface area contributed by atoms with E-state index in [0.717, 1.165) is 27.8 Å². The molecule has 0 radical (unpaired) electrons. The predicted molar refractivity (Wildman–Crippen MR) is 153 cm³/mol. The molecule has 0 saturated heterocycles. The van der Waals surface area contributed by atoms with Crippen molar-refractivity contribution in [3.05, 3.63) is 125 Å². The lowest BCUT2D eigenvalue weighted by atomic mass is 9.98. The van der Waals surface area contributed by atoms with E-state index in [9.17, 15) is 9.59 Å². The molecule has 0 fully saturated rings. The van der Waals surface area contributed by atoms with E-state index in [4.69, 9.17) is 4.74 Å². The highest BCUT2D eigenvalue weighted by Gasteiger charge is 2.33. The van der Waals surface area contributed by atoms with E-state index in [1.54, 1.807) is 16.7 Å². The Hall–Kier alpha value is -4.98. The standard InChI is InChI=1S/C32H31N5O3/c1-23-12-6-8-16-26(23)31(32(39)33-20-24-13-4-3-5-14-24)36(21-25-15-7-11-19-29(25)40-2)30(38)22-37-28-18-10-9-17-27(28)34-35-37/h3-19,31H,20-22H2,1-2H3,(H,33,39)/t31-/m1/s1. The van der Waals surface area contributed by atoms with E-state index in [0.29, 0.717) is 17.8 Å². The van der Waals surface area contributed by atoms with Gasteiger partial charge in [0, 0.05) is 12.1 Å². The second-order valence-corrected chi connectivity index (χ2v) is 9.53. The molecule has 0 aliphatic rings. The van der Waals surface area contributed by atoms with Crippen LogP contribution in [0.3, 0.4) is 0 Å². The maximum absolute atomic E-state index is 14.2. The second kappa shape index (κ2) is 12.3. The van der Waals surface area contributed by atoms with Crippen molar-refractivity contribution in [2.24, 2.45) is 0 Å². The minimum absolute atomic E-state index is 0.0794. The highest BCUT2D eigenvalue weighted by molar-refractivity contribution is 5.89. The molecule has 0 unspecified atom stereocenters. The minimum Gasteiger partial charge on any atom is -0.496 e. The Balaban J connectivity index is 1.55. The first-order chi connectivity index (χ1) is 19.5. The van der Waals surface area contributed by atoms with Gasteiger partial charge >= 0.3 is 0 Å². The second-order valence-electron chi connectivity index (χ2n) is 9.53. The van der Waals surface area contributed by atoms with Crippen LogP contribution in [0, 0.1) is 6.92 Å². The number of aryl methyl sites for hydroxylation is 1. The van der Waals surface area contributed by atoms with Gasteiger partial charge in [0.15, 0.2) is 0 Å². The number of methoxy groups -OCH3 is 1. The molecule has 40 heavy (non-hydrogen) atoms. The van der Waals surface area contributed by atoms with Crippen LogP contribution in [0.1, 0.15) is 28.3 Å². The molecule has 5 aromatic rings. The van der Waals surface area contributed by atoms with E-state index >= 15 is 0 Å². The highest BCUT2D eigenvalue weighted by Crippen LogP contribution is 2.29. The summed E-state index contributed by atoms with van der Waals surface area (Å²) in [5.74, 6) is 0.0919. The van der Waals surface area contributed by atoms with E-state index in [-0.39, 0.29) is 24.9 Å². The van der Waals surface area contributed by atoms with Gasteiger partial charge in [0.25, 0.3) is 0 Å². The molecule has 4 aromatic carbocycles. The average molecular weight is 534 g/mol. The van der Waals surface area contributed by atoms with Gasteiger partial charge in [0.1, 0.15) is 23.9 Å². The van der Waals surface area contributed by atoms with E-state index in [1.807, 2.05) is 110 Å². The lowest BCUT2D eigenvalue weighted by Gasteiger charge is -2.33. The van der Waals surface area contributed by atoms with Crippen LogP contribution in [-0.2, 0) is 29.2 Å². The first-order valence-corrected chi connectivity index (χ1v) is 13.1. The summed E-state index contributed by atoms with van der Waals surface area (Å²) < 4.78 is 7.17. The van der Waals surface area contributed by atoms with Crippen LogP contribution in [0.5, 0.6) is 5.75 Å². The number of benzene rings is 4. The summed E-state index contributed by atoms with van der Waals surface area (Å²) in [7, 11) is 1.60. The third kappa shape index (κ3) is 5.86. The summed E-state index contributed by atoms with van der Waals surface area (Å²) in [6, 6.07) is 31.5. The van der Waals surface area contributed by atoms with E-state index < -0.39 is 6.04 Å². The molecule has 5 rings (SSSR count). The molecule has 1 N–H and O–H groups in total. The van der Waals surface area contributed by atoms with Gasteiger partial charge in [-0.1, -0.05) is 90.1 Å². The SMILES string of the molecule is COc1ccccc1CN(C(=O)Cn1nnc2ccccc21)[C@@H](C(=O)NCc1ccccc1)c1ccccc1C. The summed E-state index contributed by atoms with van der Waals surface area (Å²) in [5, 5.41) is 11.5. The van der Waals surface area contributed by atoms with E-state index in [2.05, 4.69) is 15.6 Å². The monoisotopic (exact) mass is 533 g/mol. The van der Waals surface area contributed by atoms with Crippen LogP contribution in [-0.4, -0.2) is 38.8 Å². The largest absolute Gasteiger partial charge is 0.496 e. The van der Waals surface area contributed by atoms with Gasteiger partial charge in [0.2, 0.25) is 11.8 Å². The Kier molecular flexibility index (Phi) is 8.15. The molecule has 0 aliphatic heterocycles.